The molecule has 1 unspecified atom stereocenters. The van der Waals surface area contributed by atoms with Crippen LogP contribution in [0.1, 0.15) is 27.2 Å². The molecule has 0 bridgehead atoms. The normalized spacial score (nSPS) is 26.6. The molecule has 4 nitrogen and oxygen atoms in total. The fraction of sp³-hybridized carbons (Fsp3) is 0.750. The summed E-state index contributed by atoms with van der Waals surface area (Å²) in [4.78, 5) is 21.7. The van der Waals surface area contributed by atoms with Gasteiger partial charge in [-0.15, -0.1) is 0 Å². The number of hydrogen-bond donors (Lipinski definition) is 2. The van der Waals surface area contributed by atoms with Crippen molar-refractivity contribution in [3.05, 3.63) is 0 Å². The van der Waals surface area contributed by atoms with E-state index >= 15 is 0 Å². The van der Waals surface area contributed by atoms with Gasteiger partial charge in [0.1, 0.15) is 0 Å². The van der Waals surface area contributed by atoms with E-state index in [9.17, 15) is 9.59 Å². The topological polar surface area (TPSA) is 58.2 Å². The highest BCUT2D eigenvalue weighted by Gasteiger charge is 2.39. The number of hydrogen-bond acceptors (Lipinski definition) is 2. The highest BCUT2D eigenvalue weighted by molar-refractivity contribution is 5.82. The Hall–Kier alpha value is -1.06. The second-order valence-corrected chi connectivity index (χ2v) is 3.73. The summed E-state index contributed by atoms with van der Waals surface area (Å²) in [6.45, 7) is 5.26. The third-order valence-corrected chi connectivity index (χ3v) is 2.10. The van der Waals surface area contributed by atoms with E-state index in [1.807, 2.05) is 13.8 Å². The Bertz CT molecular complexity index is 223. The molecule has 4 heteroatoms. The fourth-order valence-electron chi connectivity index (χ4n) is 1.41. The summed E-state index contributed by atoms with van der Waals surface area (Å²) in [5.41, 5.74) is -0.317. The van der Waals surface area contributed by atoms with Gasteiger partial charge in [0, 0.05) is 13.3 Å². The second kappa shape index (κ2) is 2.77. The quantitative estimate of drug-likeness (QED) is 0.572. The van der Waals surface area contributed by atoms with Gasteiger partial charge in [0.25, 0.3) is 0 Å². The van der Waals surface area contributed by atoms with Crippen LogP contribution in [0.2, 0.25) is 0 Å². The summed E-state index contributed by atoms with van der Waals surface area (Å²) in [5.74, 6) is -0.0941. The van der Waals surface area contributed by atoms with Gasteiger partial charge in [-0.2, -0.15) is 0 Å². The molecule has 1 aliphatic heterocycles. The minimum absolute atomic E-state index is 0.00116. The Balaban J connectivity index is 2.65. The largest absolute Gasteiger partial charge is 0.351 e. The van der Waals surface area contributed by atoms with Crippen molar-refractivity contribution >= 4 is 11.8 Å². The predicted molar refractivity (Wildman–Crippen MR) is 44.4 cm³/mol. The van der Waals surface area contributed by atoms with Crippen molar-refractivity contribution in [1.29, 1.82) is 0 Å². The molecule has 1 fully saturated rings. The molecule has 12 heavy (non-hydrogen) atoms. The molecule has 1 atom stereocenters. The van der Waals surface area contributed by atoms with Gasteiger partial charge < -0.3 is 10.6 Å². The second-order valence-electron chi connectivity index (χ2n) is 3.73. The standard InChI is InChI=1S/C8H14N2O2/c1-5(11)9-6-4-7(12)10-8(6,2)3/h6H,4H2,1-3H3,(H,9,11)(H,10,12). The first-order valence-corrected chi connectivity index (χ1v) is 4.00. The lowest BCUT2D eigenvalue weighted by Crippen LogP contribution is -2.50. The lowest BCUT2D eigenvalue weighted by atomic mass is 9.97. The maximum absolute atomic E-state index is 11.0. The first-order valence-electron chi connectivity index (χ1n) is 4.00. The zero-order valence-electron chi connectivity index (χ0n) is 7.60. The van der Waals surface area contributed by atoms with Crippen LogP contribution in [-0.2, 0) is 9.59 Å². The van der Waals surface area contributed by atoms with Gasteiger partial charge in [0.15, 0.2) is 0 Å². The number of carbonyl (C=O) groups excluding carboxylic acids is 2. The molecule has 0 spiro atoms. The van der Waals surface area contributed by atoms with Crippen LogP contribution in [0, 0.1) is 0 Å². The Kier molecular flexibility index (Phi) is 2.08. The van der Waals surface area contributed by atoms with E-state index in [0.717, 1.165) is 0 Å². The molecule has 2 amide bonds. The monoisotopic (exact) mass is 170 g/mol. The zero-order valence-corrected chi connectivity index (χ0v) is 7.60. The Labute approximate surface area is 71.7 Å². The van der Waals surface area contributed by atoms with Crippen molar-refractivity contribution in [3.8, 4) is 0 Å². The number of nitrogens with one attached hydrogen (secondary N) is 2. The van der Waals surface area contributed by atoms with Crippen LogP contribution in [0.3, 0.4) is 0 Å². The van der Waals surface area contributed by atoms with E-state index < -0.39 is 0 Å². The van der Waals surface area contributed by atoms with Crippen LogP contribution in [0.5, 0.6) is 0 Å². The van der Waals surface area contributed by atoms with E-state index in [4.69, 9.17) is 0 Å². The van der Waals surface area contributed by atoms with Crippen molar-refractivity contribution in [2.45, 2.75) is 38.8 Å². The average molecular weight is 170 g/mol. The first kappa shape index (κ1) is 9.03. The van der Waals surface area contributed by atoms with Crippen LogP contribution in [0.25, 0.3) is 0 Å². The van der Waals surface area contributed by atoms with Crippen LogP contribution in [-0.4, -0.2) is 23.4 Å². The maximum Gasteiger partial charge on any atom is 0.222 e. The van der Waals surface area contributed by atoms with Gasteiger partial charge in [-0.1, -0.05) is 0 Å². The molecule has 0 aromatic rings. The van der Waals surface area contributed by atoms with Crippen molar-refractivity contribution in [3.63, 3.8) is 0 Å². The molecule has 2 N–H and O–H groups in total. The summed E-state index contributed by atoms with van der Waals surface area (Å²) < 4.78 is 0. The van der Waals surface area contributed by atoms with Gasteiger partial charge in [0.2, 0.25) is 11.8 Å². The van der Waals surface area contributed by atoms with Gasteiger partial charge >= 0.3 is 0 Å². The lowest BCUT2D eigenvalue weighted by molar-refractivity contribution is -0.120. The highest BCUT2D eigenvalue weighted by atomic mass is 16.2. The smallest absolute Gasteiger partial charge is 0.222 e. The van der Waals surface area contributed by atoms with Gasteiger partial charge in [-0.25, -0.2) is 0 Å². The Morgan fingerprint density at radius 1 is 1.67 bits per heavy atom. The van der Waals surface area contributed by atoms with Gasteiger partial charge in [-0.3, -0.25) is 9.59 Å². The number of amides is 2. The third kappa shape index (κ3) is 1.75. The van der Waals surface area contributed by atoms with Gasteiger partial charge in [-0.05, 0) is 13.8 Å². The van der Waals surface area contributed by atoms with E-state index in [-0.39, 0.29) is 23.4 Å². The Morgan fingerprint density at radius 2 is 2.25 bits per heavy atom. The molecule has 1 saturated heterocycles. The lowest BCUT2D eigenvalue weighted by Gasteiger charge is -2.26. The molecule has 0 aliphatic carbocycles. The Morgan fingerprint density at radius 3 is 2.58 bits per heavy atom. The van der Waals surface area contributed by atoms with Gasteiger partial charge in [0.05, 0.1) is 11.6 Å². The molecule has 0 aromatic heterocycles. The molecular formula is C8H14N2O2. The molecule has 0 saturated carbocycles. The van der Waals surface area contributed by atoms with Crippen LogP contribution in [0.4, 0.5) is 0 Å². The summed E-state index contributed by atoms with van der Waals surface area (Å²) in [6, 6.07) is -0.0810. The summed E-state index contributed by atoms with van der Waals surface area (Å²) in [6.07, 6.45) is 0.382. The fourth-order valence-corrected chi connectivity index (χ4v) is 1.41. The van der Waals surface area contributed by atoms with Crippen molar-refractivity contribution in [2.24, 2.45) is 0 Å². The van der Waals surface area contributed by atoms with Crippen molar-refractivity contribution in [1.82, 2.24) is 10.6 Å². The maximum atomic E-state index is 11.0. The van der Waals surface area contributed by atoms with E-state index in [1.54, 1.807) is 0 Å². The van der Waals surface area contributed by atoms with Crippen molar-refractivity contribution < 1.29 is 9.59 Å². The minimum Gasteiger partial charge on any atom is -0.351 e. The molecule has 1 aliphatic rings. The zero-order chi connectivity index (χ0) is 9.35. The number of rotatable bonds is 1. The molecule has 68 valence electrons. The third-order valence-electron chi connectivity index (χ3n) is 2.10. The molecule has 1 rings (SSSR count). The van der Waals surface area contributed by atoms with Crippen molar-refractivity contribution in [2.75, 3.05) is 0 Å². The predicted octanol–water partition coefficient (Wildman–Crippen LogP) is -0.210. The highest BCUT2D eigenvalue weighted by Crippen LogP contribution is 2.19. The molecular weight excluding hydrogens is 156 g/mol. The summed E-state index contributed by atoms with van der Waals surface area (Å²) >= 11 is 0. The summed E-state index contributed by atoms with van der Waals surface area (Å²) in [7, 11) is 0. The SMILES string of the molecule is CC(=O)NC1CC(=O)NC1(C)C. The van der Waals surface area contributed by atoms with E-state index in [2.05, 4.69) is 10.6 Å². The van der Waals surface area contributed by atoms with E-state index in [1.165, 1.54) is 6.92 Å². The minimum atomic E-state index is -0.317. The first-order chi connectivity index (χ1) is 5.42. The summed E-state index contributed by atoms with van der Waals surface area (Å²) in [5, 5.41) is 5.54. The average Bonchev–Trinajstić information content (AvgIpc) is 2.04. The molecule has 1 heterocycles. The molecule has 0 aromatic carbocycles. The van der Waals surface area contributed by atoms with E-state index in [0.29, 0.717) is 6.42 Å². The van der Waals surface area contributed by atoms with Crippen LogP contribution >= 0.6 is 0 Å². The number of carbonyl (C=O) groups is 2. The van der Waals surface area contributed by atoms with Crippen LogP contribution in [0.15, 0.2) is 0 Å². The molecule has 0 radical (unpaired) electrons. The van der Waals surface area contributed by atoms with Crippen LogP contribution < -0.4 is 10.6 Å².